The number of fused-ring (bicyclic) bond motifs is 8. The van der Waals surface area contributed by atoms with E-state index in [1.807, 2.05) is 36.4 Å². The molecule has 7 aromatic carbocycles. The Balaban J connectivity index is 1.26. The van der Waals surface area contributed by atoms with Crippen LogP contribution in [0.15, 0.2) is 158 Å². The zero-order valence-corrected chi connectivity index (χ0v) is 30.3. The largest absolute Gasteiger partial charge is 0.308 e. The van der Waals surface area contributed by atoms with Crippen LogP contribution < -0.4 is 0 Å². The summed E-state index contributed by atoms with van der Waals surface area (Å²) in [6, 6.07) is 56.1. The van der Waals surface area contributed by atoms with Crippen molar-refractivity contribution in [3.63, 3.8) is 0 Å². The molecule has 0 bridgehead atoms. The number of para-hydroxylation sites is 2. The van der Waals surface area contributed by atoms with E-state index in [2.05, 4.69) is 154 Å². The molecule has 0 unspecified atom stereocenters. The SMILES string of the molecule is CC1(C)c2cc3c(cc2-c2ccc4ccccc4c2C1(C)C)c1ccccc1n3-c1ccccc1-c1nc(-c2ccccc2)nc(-c2ccccc2)n1. The van der Waals surface area contributed by atoms with Gasteiger partial charge in [-0.2, -0.15) is 0 Å². The van der Waals surface area contributed by atoms with Gasteiger partial charge in [0.05, 0.1) is 16.7 Å². The van der Waals surface area contributed by atoms with Crippen LogP contribution in [0.1, 0.15) is 38.8 Å². The summed E-state index contributed by atoms with van der Waals surface area (Å²) in [4.78, 5) is 15.3. The van der Waals surface area contributed by atoms with Crippen LogP contribution in [-0.2, 0) is 10.8 Å². The molecular formula is C49H38N4. The maximum Gasteiger partial charge on any atom is 0.166 e. The topological polar surface area (TPSA) is 43.6 Å². The summed E-state index contributed by atoms with van der Waals surface area (Å²) in [5, 5.41) is 5.08. The van der Waals surface area contributed by atoms with Gasteiger partial charge in [0.1, 0.15) is 0 Å². The normalized spacial score (nSPS) is 14.3. The van der Waals surface area contributed by atoms with Gasteiger partial charge in [-0.25, -0.2) is 15.0 Å². The van der Waals surface area contributed by atoms with Crippen molar-refractivity contribution in [1.82, 2.24) is 19.5 Å². The van der Waals surface area contributed by atoms with Crippen LogP contribution in [0.4, 0.5) is 0 Å². The van der Waals surface area contributed by atoms with E-state index in [-0.39, 0.29) is 10.8 Å². The van der Waals surface area contributed by atoms with Crippen molar-refractivity contribution >= 4 is 32.6 Å². The lowest BCUT2D eigenvalue weighted by Crippen LogP contribution is -2.43. The fourth-order valence-corrected chi connectivity index (χ4v) is 8.62. The van der Waals surface area contributed by atoms with Crippen molar-refractivity contribution in [2.45, 2.75) is 38.5 Å². The second-order valence-electron chi connectivity index (χ2n) is 15.3. The summed E-state index contributed by atoms with van der Waals surface area (Å²) in [5.74, 6) is 1.94. The quantitative estimate of drug-likeness (QED) is 0.186. The van der Waals surface area contributed by atoms with E-state index in [9.17, 15) is 0 Å². The Hall–Kier alpha value is -6.39. The van der Waals surface area contributed by atoms with Gasteiger partial charge in [0.2, 0.25) is 0 Å². The molecule has 4 heteroatoms. The van der Waals surface area contributed by atoms with Crippen molar-refractivity contribution < 1.29 is 0 Å². The minimum Gasteiger partial charge on any atom is -0.308 e. The summed E-state index contributed by atoms with van der Waals surface area (Å²) in [6.45, 7) is 9.69. The molecule has 0 fully saturated rings. The third-order valence-electron chi connectivity index (χ3n) is 12.0. The lowest BCUT2D eigenvalue weighted by molar-refractivity contribution is 0.301. The van der Waals surface area contributed by atoms with Gasteiger partial charge in [-0.1, -0.05) is 155 Å². The predicted octanol–water partition coefficient (Wildman–Crippen LogP) is 12.4. The first-order valence-corrected chi connectivity index (χ1v) is 18.4. The summed E-state index contributed by atoms with van der Waals surface area (Å²) in [5.41, 5.74) is 11.3. The van der Waals surface area contributed by atoms with Crippen LogP contribution in [0.5, 0.6) is 0 Å². The molecule has 1 aliphatic carbocycles. The van der Waals surface area contributed by atoms with E-state index in [0.717, 1.165) is 27.9 Å². The molecule has 2 heterocycles. The van der Waals surface area contributed by atoms with Crippen molar-refractivity contribution in [2.75, 3.05) is 0 Å². The van der Waals surface area contributed by atoms with Crippen LogP contribution >= 0.6 is 0 Å². The van der Waals surface area contributed by atoms with Gasteiger partial charge in [0.15, 0.2) is 17.5 Å². The highest BCUT2D eigenvalue weighted by Gasteiger charge is 2.47. The van der Waals surface area contributed by atoms with Gasteiger partial charge < -0.3 is 4.57 Å². The Morgan fingerprint density at radius 3 is 1.72 bits per heavy atom. The molecule has 0 N–H and O–H groups in total. The number of hydrogen-bond acceptors (Lipinski definition) is 3. The molecule has 1 aliphatic rings. The molecule has 0 radical (unpaired) electrons. The van der Waals surface area contributed by atoms with Crippen molar-refractivity contribution in [2.24, 2.45) is 0 Å². The predicted molar refractivity (Wildman–Crippen MR) is 219 cm³/mol. The molecule has 0 spiro atoms. The number of rotatable bonds is 4. The molecule has 0 aliphatic heterocycles. The maximum absolute atomic E-state index is 5.16. The lowest BCUT2D eigenvalue weighted by Gasteiger charge is -2.49. The minimum atomic E-state index is -0.169. The number of benzene rings is 7. The van der Waals surface area contributed by atoms with Crippen LogP contribution in [0.3, 0.4) is 0 Å². The Morgan fingerprint density at radius 1 is 0.415 bits per heavy atom. The first-order valence-electron chi connectivity index (χ1n) is 18.4. The molecule has 9 aromatic rings. The van der Waals surface area contributed by atoms with E-state index in [0.29, 0.717) is 17.5 Å². The smallest absolute Gasteiger partial charge is 0.166 e. The van der Waals surface area contributed by atoms with Crippen LogP contribution in [0.2, 0.25) is 0 Å². The summed E-state index contributed by atoms with van der Waals surface area (Å²) >= 11 is 0. The molecule has 4 nitrogen and oxygen atoms in total. The van der Waals surface area contributed by atoms with E-state index < -0.39 is 0 Å². The molecule has 10 rings (SSSR count). The van der Waals surface area contributed by atoms with Gasteiger partial charge in [-0.05, 0) is 68.8 Å². The Bertz CT molecular complexity index is 2820. The molecule has 254 valence electrons. The molecular weight excluding hydrogens is 645 g/mol. The summed E-state index contributed by atoms with van der Waals surface area (Å²) in [6.07, 6.45) is 0. The van der Waals surface area contributed by atoms with Crippen LogP contribution in [-0.4, -0.2) is 19.5 Å². The summed E-state index contributed by atoms with van der Waals surface area (Å²) in [7, 11) is 0. The van der Waals surface area contributed by atoms with E-state index >= 15 is 0 Å². The second kappa shape index (κ2) is 11.6. The molecule has 2 aromatic heterocycles. The van der Waals surface area contributed by atoms with Gasteiger partial charge in [-0.15, -0.1) is 0 Å². The maximum atomic E-state index is 5.16. The second-order valence-corrected chi connectivity index (χ2v) is 15.3. The fourth-order valence-electron chi connectivity index (χ4n) is 8.62. The van der Waals surface area contributed by atoms with Gasteiger partial charge in [0, 0.05) is 32.9 Å². The summed E-state index contributed by atoms with van der Waals surface area (Å²) < 4.78 is 2.42. The highest BCUT2D eigenvalue weighted by molar-refractivity contribution is 6.12. The van der Waals surface area contributed by atoms with E-state index in [1.165, 1.54) is 49.3 Å². The molecule has 0 atom stereocenters. The monoisotopic (exact) mass is 682 g/mol. The Morgan fingerprint density at radius 2 is 1.00 bits per heavy atom. The average molecular weight is 683 g/mol. The zero-order chi connectivity index (χ0) is 35.9. The first kappa shape index (κ1) is 31.4. The number of aromatic nitrogens is 4. The van der Waals surface area contributed by atoms with Crippen molar-refractivity contribution in [1.29, 1.82) is 0 Å². The molecule has 0 amide bonds. The number of nitrogens with zero attached hydrogens (tertiary/aromatic N) is 4. The van der Waals surface area contributed by atoms with Crippen molar-refractivity contribution in [3.8, 4) is 51.0 Å². The van der Waals surface area contributed by atoms with E-state index in [4.69, 9.17) is 15.0 Å². The zero-order valence-electron chi connectivity index (χ0n) is 30.3. The van der Waals surface area contributed by atoms with Gasteiger partial charge in [-0.3, -0.25) is 0 Å². The highest BCUT2D eigenvalue weighted by atomic mass is 15.1. The Kier molecular flexibility index (Phi) is 6.84. The lowest BCUT2D eigenvalue weighted by atomic mass is 9.54. The standard InChI is InChI=1S/C49H38N4/c1-48(2)40-30-43-39(29-38(40)36-28-27-31-17-11-12-22-34(31)44(36)49(48,3)4)35-23-13-15-25-41(35)53(43)42-26-16-14-24-37(42)47-51-45(32-18-7-5-8-19-32)50-46(52-47)33-20-9-6-10-21-33/h5-30H,1-4H3. The highest BCUT2D eigenvalue weighted by Crippen LogP contribution is 2.57. The number of hydrogen-bond donors (Lipinski definition) is 0. The third kappa shape index (κ3) is 4.65. The van der Waals surface area contributed by atoms with Crippen LogP contribution in [0, 0.1) is 0 Å². The third-order valence-corrected chi connectivity index (χ3v) is 12.0. The van der Waals surface area contributed by atoms with Crippen molar-refractivity contribution in [3.05, 3.63) is 169 Å². The average Bonchev–Trinajstić information content (AvgIpc) is 3.53. The van der Waals surface area contributed by atoms with Gasteiger partial charge >= 0.3 is 0 Å². The van der Waals surface area contributed by atoms with E-state index in [1.54, 1.807) is 0 Å². The first-order chi connectivity index (χ1) is 25.8. The molecule has 0 saturated carbocycles. The Labute approximate surface area is 309 Å². The minimum absolute atomic E-state index is 0.134. The molecule has 53 heavy (non-hydrogen) atoms. The molecule has 0 saturated heterocycles. The van der Waals surface area contributed by atoms with Gasteiger partial charge in [0.25, 0.3) is 0 Å². The van der Waals surface area contributed by atoms with Crippen LogP contribution in [0.25, 0.3) is 83.6 Å². The fraction of sp³-hybridized carbons (Fsp3) is 0.122.